The van der Waals surface area contributed by atoms with E-state index < -0.39 is 17.7 Å². The molecule has 0 amide bonds. The predicted octanol–water partition coefficient (Wildman–Crippen LogP) is 1.62. The van der Waals surface area contributed by atoms with E-state index in [2.05, 4.69) is 0 Å². The molecular formula is C8H7F2NO. The molecule has 0 aromatic heterocycles. The summed E-state index contributed by atoms with van der Waals surface area (Å²) < 4.78 is 30.8. The molecule has 1 unspecified atom stereocenters. The molecule has 12 heavy (non-hydrogen) atoms. The molecule has 0 bridgehead atoms. The average molecular weight is 171 g/mol. The maximum atomic E-state index is 13.0. The first kappa shape index (κ1) is 7.49. The van der Waals surface area contributed by atoms with Crippen molar-refractivity contribution in [2.75, 3.05) is 12.3 Å². The third kappa shape index (κ3) is 1.14. The second-order valence-corrected chi connectivity index (χ2v) is 2.72. The van der Waals surface area contributed by atoms with Crippen molar-refractivity contribution in [3.63, 3.8) is 0 Å². The first-order valence-electron chi connectivity index (χ1n) is 3.54. The number of ether oxygens (including phenoxy) is 1. The van der Waals surface area contributed by atoms with E-state index in [1.54, 1.807) is 0 Å². The van der Waals surface area contributed by atoms with Crippen LogP contribution in [0.2, 0.25) is 0 Å². The SMILES string of the molecule is Nc1cc(F)c(C2CO2)c(F)c1. The number of epoxide rings is 1. The Bertz CT molecular complexity index is 300. The zero-order valence-corrected chi connectivity index (χ0v) is 6.18. The Morgan fingerprint density at radius 3 is 2.25 bits per heavy atom. The van der Waals surface area contributed by atoms with Gasteiger partial charge in [-0.15, -0.1) is 0 Å². The van der Waals surface area contributed by atoms with E-state index in [1.807, 2.05) is 0 Å². The molecule has 64 valence electrons. The van der Waals surface area contributed by atoms with Crippen LogP contribution in [0.25, 0.3) is 0 Å². The van der Waals surface area contributed by atoms with Crippen LogP contribution in [-0.4, -0.2) is 6.61 Å². The van der Waals surface area contributed by atoms with Crippen LogP contribution < -0.4 is 5.73 Å². The minimum absolute atomic E-state index is 0.01000. The average Bonchev–Trinajstić information content (AvgIpc) is 2.68. The van der Waals surface area contributed by atoms with Gasteiger partial charge >= 0.3 is 0 Å². The van der Waals surface area contributed by atoms with Crippen LogP contribution in [0.15, 0.2) is 12.1 Å². The molecular weight excluding hydrogens is 164 g/mol. The molecule has 1 saturated heterocycles. The van der Waals surface area contributed by atoms with Crippen molar-refractivity contribution < 1.29 is 13.5 Å². The molecule has 0 spiro atoms. The lowest BCUT2D eigenvalue weighted by atomic mass is 10.1. The molecule has 0 aliphatic carbocycles. The normalized spacial score (nSPS) is 21.0. The first-order valence-corrected chi connectivity index (χ1v) is 3.54. The van der Waals surface area contributed by atoms with E-state index >= 15 is 0 Å². The number of rotatable bonds is 1. The van der Waals surface area contributed by atoms with Gasteiger partial charge < -0.3 is 10.5 Å². The number of anilines is 1. The van der Waals surface area contributed by atoms with Crippen molar-refractivity contribution in [3.05, 3.63) is 29.3 Å². The lowest BCUT2D eigenvalue weighted by Crippen LogP contribution is -1.97. The molecule has 0 radical (unpaired) electrons. The lowest BCUT2D eigenvalue weighted by molar-refractivity contribution is 0.398. The van der Waals surface area contributed by atoms with E-state index in [9.17, 15) is 8.78 Å². The smallest absolute Gasteiger partial charge is 0.134 e. The fraction of sp³-hybridized carbons (Fsp3) is 0.250. The van der Waals surface area contributed by atoms with Crippen LogP contribution in [-0.2, 0) is 4.74 Å². The summed E-state index contributed by atoms with van der Waals surface area (Å²) in [7, 11) is 0. The van der Waals surface area contributed by atoms with Crippen LogP contribution in [0, 0.1) is 11.6 Å². The molecule has 2 N–H and O–H groups in total. The Morgan fingerprint density at radius 1 is 1.33 bits per heavy atom. The summed E-state index contributed by atoms with van der Waals surface area (Å²) in [5.74, 6) is -1.26. The van der Waals surface area contributed by atoms with Crippen molar-refractivity contribution in [1.29, 1.82) is 0 Å². The monoisotopic (exact) mass is 171 g/mol. The Labute approximate surface area is 67.9 Å². The summed E-state index contributed by atoms with van der Waals surface area (Å²) in [6.45, 7) is 0.387. The highest BCUT2D eigenvalue weighted by molar-refractivity contribution is 5.42. The fourth-order valence-corrected chi connectivity index (χ4v) is 1.13. The molecule has 2 nitrogen and oxygen atoms in total. The number of nitrogens with two attached hydrogens (primary N) is 1. The van der Waals surface area contributed by atoms with Gasteiger partial charge in [0.1, 0.15) is 17.7 Å². The highest BCUT2D eigenvalue weighted by atomic mass is 19.1. The van der Waals surface area contributed by atoms with Gasteiger partial charge in [-0.2, -0.15) is 0 Å². The molecule has 1 atom stereocenters. The molecule has 1 aliphatic heterocycles. The molecule has 0 saturated carbocycles. The molecule has 1 aromatic rings. The van der Waals surface area contributed by atoms with Crippen molar-refractivity contribution in [2.45, 2.75) is 6.10 Å². The number of nitrogen functional groups attached to an aromatic ring is 1. The lowest BCUT2D eigenvalue weighted by Gasteiger charge is -2.01. The minimum atomic E-state index is -0.630. The first-order chi connectivity index (χ1) is 5.68. The number of hydrogen-bond donors (Lipinski definition) is 1. The van der Waals surface area contributed by atoms with E-state index in [0.717, 1.165) is 12.1 Å². The van der Waals surface area contributed by atoms with Crippen LogP contribution in [0.4, 0.5) is 14.5 Å². The third-order valence-electron chi connectivity index (χ3n) is 1.76. The van der Waals surface area contributed by atoms with Gasteiger partial charge in [-0.1, -0.05) is 0 Å². The quantitative estimate of drug-likeness (QED) is 0.515. The molecule has 1 fully saturated rings. The Balaban J connectivity index is 2.51. The van der Waals surface area contributed by atoms with Crippen molar-refractivity contribution >= 4 is 5.69 Å². The van der Waals surface area contributed by atoms with Gasteiger partial charge in [0.05, 0.1) is 12.2 Å². The van der Waals surface area contributed by atoms with Gasteiger partial charge in [0, 0.05) is 5.69 Å². The van der Waals surface area contributed by atoms with Crippen molar-refractivity contribution in [2.24, 2.45) is 0 Å². The maximum Gasteiger partial charge on any atom is 0.134 e. The van der Waals surface area contributed by atoms with Crippen molar-refractivity contribution in [3.8, 4) is 0 Å². The number of halogens is 2. The molecule has 1 aromatic carbocycles. The third-order valence-corrected chi connectivity index (χ3v) is 1.76. The minimum Gasteiger partial charge on any atom is -0.399 e. The molecule has 1 heterocycles. The summed E-state index contributed by atoms with van der Waals surface area (Å²) in [4.78, 5) is 0. The second kappa shape index (κ2) is 2.42. The molecule has 4 heteroatoms. The Hall–Kier alpha value is -1.16. The zero-order chi connectivity index (χ0) is 8.72. The predicted molar refractivity (Wildman–Crippen MR) is 39.5 cm³/mol. The summed E-state index contributed by atoms with van der Waals surface area (Å²) in [5, 5.41) is 0. The summed E-state index contributed by atoms with van der Waals surface area (Å²) in [6.07, 6.45) is -0.411. The van der Waals surface area contributed by atoms with E-state index in [0.29, 0.717) is 6.61 Å². The highest BCUT2D eigenvalue weighted by Gasteiger charge is 2.31. The van der Waals surface area contributed by atoms with Gasteiger partial charge in [-0.25, -0.2) is 8.78 Å². The highest BCUT2D eigenvalue weighted by Crippen LogP contribution is 2.34. The van der Waals surface area contributed by atoms with E-state index in [4.69, 9.17) is 10.5 Å². The van der Waals surface area contributed by atoms with E-state index in [-0.39, 0.29) is 11.3 Å². The second-order valence-electron chi connectivity index (χ2n) is 2.72. The van der Waals surface area contributed by atoms with Gasteiger partial charge in [0.25, 0.3) is 0 Å². The Morgan fingerprint density at radius 2 is 1.83 bits per heavy atom. The van der Waals surface area contributed by atoms with Crippen LogP contribution in [0.5, 0.6) is 0 Å². The zero-order valence-electron chi connectivity index (χ0n) is 6.18. The fourth-order valence-electron chi connectivity index (χ4n) is 1.13. The molecule has 1 aliphatic rings. The van der Waals surface area contributed by atoms with Crippen LogP contribution in [0.3, 0.4) is 0 Å². The molecule has 2 rings (SSSR count). The Kier molecular flexibility index (Phi) is 1.51. The van der Waals surface area contributed by atoms with Crippen LogP contribution in [0.1, 0.15) is 11.7 Å². The van der Waals surface area contributed by atoms with Gasteiger partial charge in [0.15, 0.2) is 0 Å². The number of hydrogen-bond acceptors (Lipinski definition) is 2. The van der Waals surface area contributed by atoms with E-state index in [1.165, 1.54) is 0 Å². The standard InChI is InChI=1S/C8H7F2NO/c9-5-1-4(11)2-6(10)8(5)7-3-12-7/h1-2,7H,3,11H2. The summed E-state index contributed by atoms with van der Waals surface area (Å²) >= 11 is 0. The van der Waals surface area contributed by atoms with Gasteiger partial charge in [-0.05, 0) is 12.1 Å². The summed E-state index contributed by atoms with van der Waals surface area (Å²) in [5.41, 5.74) is 5.31. The maximum absolute atomic E-state index is 13.0. The van der Waals surface area contributed by atoms with Crippen molar-refractivity contribution in [1.82, 2.24) is 0 Å². The topological polar surface area (TPSA) is 38.5 Å². The largest absolute Gasteiger partial charge is 0.399 e. The summed E-state index contributed by atoms with van der Waals surface area (Å²) in [6, 6.07) is 2.19. The number of benzene rings is 1. The van der Waals surface area contributed by atoms with Gasteiger partial charge in [0.2, 0.25) is 0 Å². The van der Waals surface area contributed by atoms with Crippen LogP contribution >= 0.6 is 0 Å². The van der Waals surface area contributed by atoms with Gasteiger partial charge in [-0.3, -0.25) is 0 Å².